The van der Waals surface area contributed by atoms with Crippen molar-refractivity contribution in [1.29, 1.82) is 0 Å². The number of carbonyl (C=O) groups is 1. The SMILES string of the molecule is CCOC(=O)OC(CCl)n1cc(C)c(C)n1. The van der Waals surface area contributed by atoms with Gasteiger partial charge in [0.25, 0.3) is 0 Å². The minimum atomic E-state index is -0.737. The number of halogens is 1. The van der Waals surface area contributed by atoms with E-state index in [9.17, 15) is 4.79 Å². The maximum atomic E-state index is 11.1. The van der Waals surface area contributed by atoms with Crippen molar-refractivity contribution in [2.75, 3.05) is 12.5 Å². The van der Waals surface area contributed by atoms with Crippen molar-refractivity contribution in [1.82, 2.24) is 9.78 Å². The summed E-state index contributed by atoms with van der Waals surface area (Å²) in [6.45, 7) is 5.78. The molecule has 5 nitrogen and oxygen atoms in total. The highest BCUT2D eigenvalue weighted by atomic mass is 35.5. The van der Waals surface area contributed by atoms with Crippen molar-refractivity contribution in [2.45, 2.75) is 27.0 Å². The molecule has 0 amide bonds. The van der Waals surface area contributed by atoms with Crippen LogP contribution in [0, 0.1) is 13.8 Å². The second-order valence-electron chi connectivity index (χ2n) is 3.29. The van der Waals surface area contributed by atoms with E-state index in [1.54, 1.807) is 13.1 Å². The molecule has 1 heterocycles. The Morgan fingerprint density at radius 2 is 2.31 bits per heavy atom. The number of carbonyl (C=O) groups excluding carboxylic acids is 1. The van der Waals surface area contributed by atoms with Gasteiger partial charge in [0.15, 0.2) is 0 Å². The zero-order valence-corrected chi connectivity index (χ0v) is 10.3. The van der Waals surface area contributed by atoms with Crippen molar-refractivity contribution < 1.29 is 14.3 Å². The van der Waals surface area contributed by atoms with Crippen LogP contribution in [0.2, 0.25) is 0 Å². The molecule has 0 N–H and O–H groups in total. The Bertz CT molecular complexity index is 345. The Balaban J connectivity index is 2.70. The molecule has 1 unspecified atom stereocenters. The average molecular weight is 247 g/mol. The van der Waals surface area contributed by atoms with Gasteiger partial charge >= 0.3 is 6.16 Å². The first kappa shape index (κ1) is 12.8. The third-order valence-electron chi connectivity index (χ3n) is 2.08. The number of aryl methyl sites for hydroxylation is 2. The molecule has 0 bridgehead atoms. The quantitative estimate of drug-likeness (QED) is 0.605. The summed E-state index contributed by atoms with van der Waals surface area (Å²) in [6, 6.07) is 0. The van der Waals surface area contributed by atoms with E-state index in [0.717, 1.165) is 11.3 Å². The van der Waals surface area contributed by atoms with Crippen LogP contribution in [-0.4, -0.2) is 28.4 Å². The van der Waals surface area contributed by atoms with Gasteiger partial charge in [-0.1, -0.05) is 0 Å². The van der Waals surface area contributed by atoms with Crippen LogP contribution in [0.4, 0.5) is 4.79 Å². The number of alkyl halides is 1. The van der Waals surface area contributed by atoms with Crippen LogP contribution in [0.3, 0.4) is 0 Å². The van der Waals surface area contributed by atoms with E-state index in [-0.39, 0.29) is 12.5 Å². The number of rotatable bonds is 4. The highest BCUT2D eigenvalue weighted by Gasteiger charge is 2.17. The predicted molar refractivity (Wildman–Crippen MR) is 59.6 cm³/mol. The van der Waals surface area contributed by atoms with Crippen molar-refractivity contribution in [3.63, 3.8) is 0 Å². The number of ether oxygens (including phenoxy) is 2. The van der Waals surface area contributed by atoms with E-state index in [1.165, 1.54) is 4.68 Å². The molecule has 90 valence electrons. The molecule has 1 atom stereocenters. The predicted octanol–water partition coefficient (Wildman–Crippen LogP) is 2.41. The van der Waals surface area contributed by atoms with Gasteiger partial charge in [0.05, 0.1) is 18.2 Å². The summed E-state index contributed by atoms with van der Waals surface area (Å²) in [5.41, 5.74) is 1.89. The van der Waals surface area contributed by atoms with Crippen LogP contribution >= 0.6 is 11.6 Å². The van der Waals surface area contributed by atoms with Crippen LogP contribution in [-0.2, 0) is 9.47 Å². The Labute approximate surface area is 99.3 Å². The summed E-state index contributed by atoms with van der Waals surface area (Å²) in [5, 5.41) is 4.19. The van der Waals surface area contributed by atoms with Crippen LogP contribution in [0.1, 0.15) is 24.4 Å². The van der Waals surface area contributed by atoms with Crippen LogP contribution < -0.4 is 0 Å². The maximum Gasteiger partial charge on any atom is 0.510 e. The largest absolute Gasteiger partial charge is 0.510 e. The second-order valence-corrected chi connectivity index (χ2v) is 3.60. The average Bonchev–Trinajstić information content (AvgIpc) is 2.56. The van der Waals surface area contributed by atoms with Gasteiger partial charge in [0.1, 0.15) is 0 Å². The van der Waals surface area contributed by atoms with Crippen LogP contribution in [0.5, 0.6) is 0 Å². The molecule has 16 heavy (non-hydrogen) atoms. The monoisotopic (exact) mass is 246 g/mol. The van der Waals surface area contributed by atoms with Gasteiger partial charge < -0.3 is 9.47 Å². The molecule has 0 spiro atoms. The fraction of sp³-hybridized carbons (Fsp3) is 0.600. The lowest BCUT2D eigenvalue weighted by molar-refractivity contribution is 0.00283. The maximum absolute atomic E-state index is 11.1. The molecule has 0 saturated heterocycles. The molecule has 0 aliphatic heterocycles. The number of hydrogen-bond acceptors (Lipinski definition) is 4. The van der Waals surface area contributed by atoms with E-state index < -0.39 is 12.4 Å². The molecule has 0 aliphatic rings. The van der Waals surface area contributed by atoms with Gasteiger partial charge in [0.2, 0.25) is 6.23 Å². The Morgan fingerprint density at radius 1 is 1.62 bits per heavy atom. The smallest absolute Gasteiger partial charge is 0.435 e. The summed E-state index contributed by atoms with van der Waals surface area (Å²) < 4.78 is 11.2. The Morgan fingerprint density at radius 3 is 2.75 bits per heavy atom. The summed E-state index contributed by atoms with van der Waals surface area (Å²) in [7, 11) is 0. The van der Waals surface area contributed by atoms with Gasteiger partial charge in [0, 0.05) is 6.20 Å². The van der Waals surface area contributed by atoms with Crippen LogP contribution in [0.15, 0.2) is 6.20 Å². The van der Waals surface area contributed by atoms with Gasteiger partial charge in [-0.05, 0) is 26.3 Å². The van der Waals surface area contributed by atoms with Crippen molar-refractivity contribution in [3.05, 3.63) is 17.5 Å². The first-order valence-electron chi connectivity index (χ1n) is 5.00. The van der Waals surface area contributed by atoms with Crippen LogP contribution in [0.25, 0.3) is 0 Å². The minimum absolute atomic E-state index is 0.124. The number of hydrogen-bond donors (Lipinski definition) is 0. The summed E-state index contributed by atoms with van der Waals surface area (Å²) in [4.78, 5) is 11.1. The van der Waals surface area contributed by atoms with E-state index in [2.05, 4.69) is 9.84 Å². The highest BCUT2D eigenvalue weighted by Crippen LogP contribution is 2.14. The van der Waals surface area contributed by atoms with Gasteiger partial charge in [-0.25, -0.2) is 9.48 Å². The topological polar surface area (TPSA) is 53.4 Å². The summed E-state index contributed by atoms with van der Waals surface area (Å²) in [6.07, 6.45) is 0.411. The molecule has 1 aromatic rings. The molecule has 0 saturated carbocycles. The van der Waals surface area contributed by atoms with Gasteiger partial charge in [-0.15, -0.1) is 11.6 Å². The molecule has 1 rings (SSSR count). The normalized spacial score (nSPS) is 12.2. The minimum Gasteiger partial charge on any atom is -0.435 e. The lowest BCUT2D eigenvalue weighted by atomic mass is 10.3. The zero-order valence-electron chi connectivity index (χ0n) is 9.57. The summed E-state index contributed by atoms with van der Waals surface area (Å²) >= 11 is 5.71. The first-order valence-corrected chi connectivity index (χ1v) is 5.53. The first-order chi connectivity index (χ1) is 7.58. The Kier molecular flexibility index (Phi) is 4.61. The molecule has 0 aromatic carbocycles. The van der Waals surface area contributed by atoms with E-state index in [1.807, 2.05) is 13.8 Å². The lowest BCUT2D eigenvalue weighted by Gasteiger charge is -2.14. The van der Waals surface area contributed by atoms with Crippen molar-refractivity contribution >= 4 is 17.8 Å². The fourth-order valence-electron chi connectivity index (χ4n) is 1.14. The van der Waals surface area contributed by atoms with Crippen molar-refractivity contribution in [2.24, 2.45) is 0 Å². The molecule has 0 radical (unpaired) electrons. The zero-order chi connectivity index (χ0) is 12.1. The number of aromatic nitrogens is 2. The molecular weight excluding hydrogens is 232 g/mol. The van der Waals surface area contributed by atoms with Crippen molar-refractivity contribution in [3.8, 4) is 0 Å². The van der Waals surface area contributed by atoms with Gasteiger partial charge in [-0.3, -0.25) is 0 Å². The highest BCUT2D eigenvalue weighted by molar-refractivity contribution is 6.18. The van der Waals surface area contributed by atoms with Gasteiger partial charge in [-0.2, -0.15) is 5.10 Å². The standard InChI is InChI=1S/C10H15ClN2O3/c1-4-15-10(14)16-9(5-11)13-6-7(2)8(3)12-13/h6,9H,4-5H2,1-3H3. The summed E-state index contributed by atoms with van der Waals surface area (Å²) in [5.74, 6) is 0.124. The fourth-order valence-corrected chi connectivity index (χ4v) is 1.34. The van der Waals surface area contributed by atoms with E-state index >= 15 is 0 Å². The lowest BCUT2D eigenvalue weighted by Crippen LogP contribution is -2.20. The molecule has 1 aromatic heterocycles. The second kappa shape index (κ2) is 5.75. The van der Waals surface area contributed by atoms with E-state index in [0.29, 0.717) is 0 Å². The third kappa shape index (κ3) is 3.13. The number of nitrogens with zero attached hydrogens (tertiary/aromatic N) is 2. The molecule has 6 heteroatoms. The third-order valence-corrected chi connectivity index (χ3v) is 2.35. The Hall–Kier alpha value is -1.23. The molecule has 0 fully saturated rings. The van der Waals surface area contributed by atoms with E-state index in [4.69, 9.17) is 16.3 Å². The molecule has 0 aliphatic carbocycles. The molecular formula is C10H15ClN2O3.